The molecule has 0 aliphatic heterocycles. The quantitative estimate of drug-likeness (QED) is 0.736. The van der Waals surface area contributed by atoms with Crippen molar-refractivity contribution in [2.24, 2.45) is 28.9 Å². The average molecular weight is 397 g/mol. The first kappa shape index (κ1) is 20.9. The molecule has 5 atom stereocenters. The maximum Gasteiger partial charge on any atom is 0.226 e. The van der Waals surface area contributed by atoms with E-state index in [0.29, 0.717) is 35.7 Å². The highest BCUT2D eigenvalue weighted by atomic mass is 16.2. The van der Waals surface area contributed by atoms with Crippen LogP contribution in [0.4, 0.5) is 0 Å². The van der Waals surface area contributed by atoms with Crippen molar-refractivity contribution < 1.29 is 4.79 Å². The summed E-state index contributed by atoms with van der Waals surface area (Å²) >= 11 is 0. The van der Waals surface area contributed by atoms with E-state index in [4.69, 9.17) is 5.73 Å². The molecule has 4 rings (SSSR count). The number of carbonyl (C=O) groups is 1. The summed E-state index contributed by atoms with van der Waals surface area (Å²) in [5.41, 5.74) is 7.46. The van der Waals surface area contributed by atoms with Crippen LogP contribution in [0.1, 0.15) is 84.1 Å². The normalized spacial score (nSPS) is 42.3. The smallest absolute Gasteiger partial charge is 0.226 e. The van der Waals surface area contributed by atoms with Crippen LogP contribution >= 0.6 is 0 Å². The van der Waals surface area contributed by atoms with E-state index in [-0.39, 0.29) is 10.8 Å². The Morgan fingerprint density at radius 2 is 1.76 bits per heavy atom. The van der Waals surface area contributed by atoms with E-state index in [2.05, 4.69) is 56.4 Å². The first-order valence-corrected chi connectivity index (χ1v) is 12.0. The third-order valence-corrected chi connectivity index (χ3v) is 8.99. The number of amides is 1. The summed E-state index contributed by atoms with van der Waals surface area (Å²) in [6.45, 7) is 7.10. The minimum atomic E-state index is -0.229. The van der Waals surface area contributed by atoms with Crippen LogP contribution in [0, 0.1) is 23.2 Å². The summed E-state index contributed by atoms with van der Waals surface area (Å²) in [6.07, 6.45) is 9.61. The second kappa shape index (κ2) is 8.06. The summed E-state index contributed by atoms with van der Waals surface area (Å²) in [5, 5.41) is 3.49. The summed E-state index contributed by atoms with van der Waals surface area (Å²) < 4.78 is 0. The molecule has 3 fully saturated rings. The third-order valence-electron chi connectivity index (χ3n) is 8.99. The Labute approximate surface area is 177 Å². The SMILES string of the molecule is CCC1(C(=O)N[C@H]2CC[C@H](N)CC2)CC2CC(c3ccccc3)(CC(C)C2C)C1. The third kappa shape index (κ3) is 3.87. The van der Waals surface area contributed by atoms with E-state index in [9.17, 15) is 4.79 Å². The predicted molar refractivity (Wildman–Crippen MR) is 120 cm³/mol. The Balaban J connectivity index is 1.62. The number of benzene rings is 1. The van der Waals surface area contributed by atoms with Gasteiger partial charge in [-0.05, 0) is 86.5 Å². The molecule has 1 amide bonds. The summed E-state index contributed by atoms with van der Waals surface area (Å²) in [6, 6.07) is 11.7. The van der Waals surface area contributed by atoms with Gasteiger partial charge in [0.25, 0.3) is 0 Å². The summed E-state index contributed by atoms with van der Waals surface area (Å²) in [5.74, 6) is 2.37. The predicted octanol–water partition coefficient (Wildman–Crippen LogP) is 5.18. The Hall–Kier alpha value is -1.35. The van der Waals surface area contributed by atoms with Gasteiger partial charge in [-0.1, -0.05) is 51.1 Å². The van der Waals surface area contributed by atoms with E-state index >= 15 is 0 Å². The number of hydrogen-bond acceptors (Lipinski definition) is 2. The molecule has 0 saturated heterocycles. The zero-order valence-electron chi connectivity index (χ0n) is 18.6. The highest BCUT2D eigenvalue weighted by Crippen LogP contribution is 2.60. The van der Waals surface area contributed by atoms with Crippen LogP contribution in [0.5, 0.6) is 0 Å². The van der Waals surface area contributed by atoms with Gasteiger partial charge in [0.1, 0.15) is 0 Å². The van der Waals surface area contributed by atoms with Gasteiger partial charge < -0.3 is 11.1 Å². The van der Waals surface area contributed by atoms with Crippen LogP contribution in [0.15, 0.2) is 30.3 Å². The van der Waals surface area contributed by atoms with Gasteiger partial charge in [0.15, 0.2) is 0 Å². The lowest BCUT2D eigenvalue weighted by Gasteiger charge is -2.57. The number of nitrogens with one attached hydrogen (secondary N) is 1. The van der Waals surface area contributed by atoms with Crippen molar-refractivity contribution in [1.82, 2.24) is 5.32 Å². The zero-order valence-corrected chi connectivity index (χ0v) is 18.6. The van der Waals surface area contributed by atoms with Gasteiger partial charge in [-0.25, -0.2) is 0 Å². The minimum absolute atomic E-state index is 0.151. The Morgan fingerprint density at radius 3 is 2.41 bits per heavy atom. The molecule has 2 bridgehead atoms. The Morgan fingerprint density at radius 1 is 1.07 bits per heavy atom. The molecule has 29 heavy (non-hydrogen) atoms. The van der Waals surface area contributed by atoms with Gasteiger partial charge in [0.2, 0.25) is 5.91 Å². The van der Waals surface area contributed by atoms with Crippen LogP contribution in [0.25, 0.3) is 0 Å². The second-order valence-electron chi connectivity index (χ2n) is 10.8. The molecule has 3 saturated carbocycles. The molecule has 5 unspecified atom stereocenters. The van der Waals surface area contributed by atoms with Crippen molar-refractivity contribution in [3.05, 3.63) is 35.9 Å². The lowest BCUT2D eigenvalue weighted by molar-refractivity contribution is -0.141. The van der Waals surface area contributed by atoms with Crippen LogP contribution < -0.4 is 11.1 Å². The molecule has 3 aliphatic carbocycles. The monoisotopic (exact) mass is 396 g/mol. The van der Waals surface area contributed by atoms with Gasteiger partial charge in [0, 0.05) is 12.1 Å². The molecule has 3 heteroatoms. The number of hydrogen-bond donors (Lipinski definition) is 2. The van der Waals surface area contributed by atoms with Crippen molar-refractivity contribution in [3.8, 4) is 0 Å². The highest BCUT2D eigenvalue weighted by Gasteiger charge is 2.56. The maximum atomic E-state index is 13.8. The summed E-state index contributed by atoms with van der Waals surface area (Å²) in [4.78, 5) is 13.8. The number of nitrogens with two attached hydrogens (primary N) is 1. The lowest BCUT2D eigenvalue weighted by atomic mass is 9.47. The van der Waals surface area contributed by atoms with E-state index in [1.165, 1.54) is 18.4 Å². The topological polar surface area (TPSA) is 55.1 Å². The first-order valence-electron chi connectivity index (χ1n) is 12.0. The molecule has 3 aliphatic rings. The van der Waals surface area contributed by atoms with Gasteiger partial charge in [0.05, 0.1) is 5.41 Å². The van der Waals surface area contributed by atoms with Gasteiger partial charge in [-0.15, -0.1) is 0 Å². The van der Waals surface area contributed by atoms with Crippen LogP contribution in [-0.4, -0.2) is 18.0 Å². The van der Waals surface area contributed by atoms with Gasteiger partial charge in [-0.2, -0.15) is 0 Å². The standard InChI is InChI=1S/C26H40N2O/c1-4-25(24(29)28-23-12-10-22(27)11-13-23)15-20-16-26(17-25,14-18(2)19(20)3)21-8-6-5-7-9-21/h5-9,18-20,22-23H,4,10-17,27H2,1-3H3,(H,28,29)/t18?,19?,20?,22-,23-,25?,26?. The van der Waals surface area contributed by atoms with Gasteiger partial charge in [-0.3, -0.25) is 4.79 Å². The molecule has 0 heterocycles. The van der Waals surface area contributed by atoms with Crippen molar-refractivity contribution in [2.45, 2.75) is 96.1 Å². The fourth-order valence-electron chi connectivity index (χ4n) is 7.00. The summed E-state index contributed by atoms with van der Waals surface area (Å²) in [7, 11) is 0. The highest BCUT2D eigenvalue weighted by molar-refractivity contribution is 5.83. The molecule has 3 nitrogen and oxygen atoms in total. The van der Waals surface area contributed by atoms with E-state index < -0.39 is 0 Å². The van der Waals surface area contributed by atoms with E-state index in [0.717, 1.165) is 44.9 Å². The Bertz CT molecular complexity index is 707. The van der Waals surface area contributed by atoms with Crippen molar-refractivity contribution >= 4 is 5.91 Å². The molecule has 0 radical (unpaired) electrons. The lowest BCUT2D eigenvalue weighted by Crippen LogP contribution is -2.56. The largest absolute Gasteiger partial charge is 0.353 e. The van der Waals surface area contributed by atoms with Gasteiger partial charge >= 0.3 is 0 Å². The molecule has 3 N–H and O–H groups in total. The molecule has 160 valence electrons. The number of carbonyl (C=O) groups excluding carboxylic acids is 1. The number of fused-ring (bicyclic) bond motifs is 2. The molecular weight excluding hydrogens is 356 g/mol. The maximum absolute atomic E-state index is 13.8. The van der Waals surface area contributed by atoms with Crippen molar-refractivity contribution in [1.29, 1.82) is 0 Å². The van der Waals surface area contributed by atoms with Crippen LogP contribution in [0.2, 0.25) is 0 Å². The number of rotatable bonds is 4. The fourth-order valence-corrected chi connectivity index (χ4v) is 7.00. The van der Waals surface area contributed by atoms with Crippen molar-refractivity contribution in [3.63, 3.8) is 0 Å². The second-order valence-corrected chi connectivity index (χ2v) is 10.8. The average Bonchev–Trinajstić information content (AvgIpc) is 2.74. The van der Waals surface area contributed by atoms with E-state index in [1.54, 1.807) is 0 Å². The molecule has 0 spiro atoms. The zero-order chi connectivity index (χ0) is 20.6. The fraction of sp³-hybridized carbons (Fsp3) is 0.731. The molecule has 1 aromatic carbocycles. The van der Waals surface area contributed by atoms with Crippen LogP contribution in [-0.2, 0) is 10.2 Å². The molecule has 1 aromatic rings. The first-order chi connectivity index (χ1) is 13.9. The minimum Gasteiger partial charge on any atom is -0.353 e. The van der Waals surface area contributed by atoms with Crippen molar-refractivity contribution in [2.75, 3.05) is 0 Å². The van der Waals surface area contributed by atoms with E-state index in [1.807, 2.05) is 0 Å². The van der Waals surface area contributed by atoms with Crippen LogP contribution in [0.3, 0.4) is 0 Å². The molecule has 0 aromatic heterocycles. The Kier molecular flexibility index (Phi) is 5.81. The molecular formula is C26H40N2O.